The minimum atomic E-state index is -0.127. The molecular formula is C19H25N3O4S2. The fourth-order valence-electron chi connectivity index (χ4n) is 3.04. The van der Waals surface area contributed by atoms with Gasteiger partial charge in [-0.25, -0.2) is 0 Å². The molecule has 0 unspecified atom stereocenters. The van der Waals surface area contributed by atoms with Crippen LogP contribution in [0.25, 0.3) is 6.08 Å². The predicted molar refractivity (Wildman–Crippen MR) is 113 cm³/mol. The number of nitrogens with zero attached hydrogens (tertiary/aromatic N) is 2. The quantitative estimate of drug-likeness (QED) is 0.370. The summed E-state index contributed by atoms with van der Waals surface area (Å²) in [6, 6.07) is 3.56. The number of morpholine rings is 1. The second kappa shape index (κ2) is 10.8. The third-order valence-corrected chi connectivity index (χ3v) is 5.93. The van der Waals surface area contributed by atoms with E-state index in [9.17, 15) is 9.59 Å². The van der Waals surface area contributed by atoms with E-state index in [1.54, 1.807) is 29.4 Å². The number of hydrogen-bond donors (Lipinski definition) is 1. The SMILES string of the molecule is O=C(CCCN1C(=O)C(=Cc2ccco2)SC1=S)NCCCN1CCOCC1. The van der Waals surface area contributed by atoms with Crippen LogP contribution in [-0.4, -0.2) is 71.9 Å². The maximum atomic E-state index is 12.5. The minimum Gasteiger partial charge on any atom is -0.465 e. The van der Waals surface area contributed by atoms with Gasteiger partial charge in [-0.2, -0.15) is 0 Å². The molecule has 1 aromatic heterocycles. The Labute approximate surface area is 174 Å². The van der Waals surface area contributed by atoms with E-state index >= 15 is 0 Å². The fourth-order valence-corrected chi connectivity index (χ4v) is 4.33. The number of carbonyl (C=O) groups excluding carboxylic acids is 2. The summed E-state index contributed by atoms with van der Waals surface area (Å²) in [4.78, 5) is 28.9. The van der Waals surface area contributed by atoms with E-state index in [1.807, 2.05) is 0 Å². The lowest BCUT2D eigenvalue weighted by molar-refractivity contribution is -0.124. The highest BCUT2D eigenvalue weighted by Crippen LogP contribution is 2.32. The molecule has 3 rings (SSSR count). The van der Waals surface area contributed by atoms with Crippen molar-refractivity contribution in [3.05, 3.63) is 29.1 Å². The lowest BCUT2D eigenvalue weighted by atomic mass is 10.2. The summed E-state index contributed by atoms with van der Waals surface area (Å²) in [5, 5.41) is 2.95. The van der Waals surface area contributed by atoms with E-state index in [0.717, 1.165) is 39.3 Å². The van der Waals surface area contributed by atoms with Gasteiger partial charge in [-0.05, 0) is 31.5 Å². The van der Waals surface area contributed by atoms with Crippen molar-refractivity contribution in [2.24, 2.45) is 0 Å². The molecule has 9 heteroatoms. The molecule has 2 saturated heterocycles. The maximum Gasteiger partial charge on any atom is 0.266 e. The van der Waals surface area contributed by atoms with Crippen LogP contribution in [-0.2, 0) is 14.3 Å². The minimum absolute atomic E-state index is 0.0125. The lowest BCUT2D eigenvalue weighted by Gasteiger charge is -2.26. The van der Waals surface area contributed by atoms with E-state index < -0.39 is 0 Å². The molecule has 152 valence electrons. The number of thiocarbonyl (C=S) groups is 1. The molecule has 0 atom stereocenters. The Morgan fingerprint density at radius 3 is 2.86 bits per heavy atom. The molecule has 2 fully saturated rings. The first kappa shape index (κ1) is 21.0. The van der Waals surface area contributed by atoms with Crippen molar-refractivity contribution in [1.82, 2.24) is 15.1 Å². The molecule has 3 heterocycles. The highest BCUT2D eigenvalue weighted by atomic mass is 32.2. The standard InChI is InChI=1S/C19H25N3O4S2/c23-17(20-6-3-7-21-9-12-25-13-10-21)5-1-8-22-18(24)16(28-19(22)27)14-15-4-2-11-26-15/h2,4,11,14H,1,3,5-10,12-13H2,(H,20,23). The Balaban J connectivity index is 1.32. The normalized spacial score (nSPS) is 19.6. The van der Waals surface area contributed by atoms with Gasteiger partial charge in [-0.3, -0.25) is 19.4 Å². The van der Waals surface area contributed by atoms with Gasteiger partial charge in [0.25, 0.3) is 5.91 Å². The highest BCUT2D eigenvalue weighted by Gasteiger charge is 2.31. The second-order valence-electron chi connectivity index (χ2n) is 6.61. The number of hydrogen-bond acceptors (Lipinski definition) is 7. The van der Waals surface area contributed by atoms with Crippen LogP contribution in [0, 0.1) is 0 Å². The zero-order valence-electron chi connectivity index (χ0n) is 15.7. The van der Waals surface area contributed by atoms with E-state index in [2.05, 4.69) is 10.2 Å². The topological polar surface area (TPSA) is 75.0 Å². The molecule has 0 aliphatic carbocycles. The average Bonchev–Trinajstić information content (AvgIpc) is 3.30. The van der Waals surface area contributed by atoms with Gasteiger partial charge in [0.15, 0.2) is 0 Å². The Morgan fingerprint density at radius 2 is 2.11 bits per heavy atom. The predicted octanol–water partition coefficient (Wildman–Crippen LogP) is 2.10. The Kier molecular flexibility index (Phi) is 8.08. The summed E-state index contributed by atoms with van der Waals surface area (Å²) in [5.74, 6) is 0.507. The van der Waals surface area contributed by atoms with Crippen LogP contribution in [0.1, 0.15) is 25.0 Å². The van der Waals surface area contributed by atoms with Gasteiger partial charge >= 0.3 is 0 Å². The molecule has 7 nitrogen and oxygen atoms in total. The van der Waals surface area contributed by atoms with E-state index in [1.165, 1.54) is 11.8 Å². The first-order valence-corrected chi connectivity index (χ1v) is 10.7. The Hall–Kier alpha value is -1.68. The first-order valence-electron chi connectivity index (χ1n) is 9.49. The van der Waals surface area contributed by atoms with Gasteiger partial charge in [0.05, 0.1) is 24.4 Å². The number of amides is 2. The summed E-state index contributed by atoms with van der Waals surface area (Å²) in [6.45, 7) is 5.60. The summed E-state index contributed by atoms with van der Waals surface area (Å²) in [5.41, 5.74) is 0. The molecule has 0 radical (unpaired) electrons. The van der Waals surface area contributed by atoms with Crippen molar-refractivity contribution in [2.75, 3.05) is 45.9 Å². The van der Waals surface area contributed by atoms with Crippen LogP contribution in [0.3, 0.4) is 0 Å². The van der Waals surface area contributed by atoms with Gasteiger partial charge in [-0.1, -0.05) is 24.0 Å². The zero-order chi connectivity index (χ0) is 19.8. The summed E-state index contributed by atoms with van der Waals surface area (Å²) < 4.78 is 11.1. The molecule has 0 aromatic carbocycles. The molecule has 1 aromatic rings. The first-order chi connectivity index (χ1) is 13.6. The van der Waals surface area contributed by atoms with Crippen molar-refractivity contribution in [3.63, 3.8) is 0 Å². The summed E-state index contributed by atoms with van der Waals surface area (Å²) >= 11 is 6.56. The number of furan rings is 1. The smallest absolute Gasteiger partial charge is 0.266 e. The van der Waals surface area contributed by atoms with E-state index in [0.29, 0.717) is 40.9 Å². The van der Waals surface area contributed by atoms with Gasteiger partial charge in [-0.15, -0.1) is 0 Å². The van der Waals surface area contributed by atoms with Crippen LogP contribution in [0.5, 0.6) is 0 Å². The van der Waals surface area contributed by atoms with Crippen LogP contribution < -0.4 is 5.32 Å². The van der Waals surface area contributed by atoms with Crippen LogP contribution in [0.15, 0.2) is 27.7 Å². The van der Waals surface area contributed by atoms with Crippen LogP contribution >= 0.6 is 24.0 Å². The van der Waals surface area contributed by atoms with Gasteiger partial charge < -0.3 is 14.5 Å². The second-order valence-corrected chi connectivity index (χ2v) is 8.29. The molecule has 1 N–H and O–H groups in total. The zero-order valence-corrected chi connectivity index (χ0v) is 17.4. The number of rotatable bonds is 9. The van der Waals surface area contributed by atoms with Crippen molar-refractivity contribution in [2.45, 2.75) is 19.3 Å². The van der Waals surface area contributed by atoms with Crippen molar-refractivity contribution >= 4 is 46.2 Å². The molecule has 28 heavy (non-hydrogen) atoms. The number of thioether (sulfide) groups is 1. The largest absolute Gasteiger partial charge is 0.465 e. The third-order valence-electron chi connectivity index (χ3n) is 4.55. The molecule has 2 aliphatic heterocycles. The van der Waals surface area contributed by atoms with Crippen LogP contribution in [0.4, 0.5) is 0 Å². The number of carbonyl (C=O) groups is 2. The fraction of sp³-hybridized carbons (Fsp3) is 0.526. The molecular weight excluding hydrogens is 398 g/mol. The van der Waals surface area contributed by atoms with Crippen molar-refractivity contribution in [3.8, 4) is 0 Å². The summed E-state index contributed by atoms with van der Waals surface area (Å²) in [7, 11) is 0. The Bertz CT molecular complexity index is 715. The molecule has 2 aliphatic rings. The molecule has 0 bridgehead atoms. The average molecular weight is 424 g/mol. The van der Waals surface area contributed by atoms with Gasteiger partial charge in [0, 0.05) is 38.7 Å². The van der Waals surface area contributed by atoms with E-state index in [4.69, 9.17) is 21.4 Å². The molecule has 0 saturated carbocycles. The maximum absolute atomic E-state index is 12.5. The van der Waals surface area contributed by atoms with Crippen molar-refractivity contribution < 1.29 is 18.7 Å². The lowest BCUT2D eigenvalue weighted by Crippen LogP contribution is -2.38. The number of ether oxygens (including phenoxy) is 1. The Morgan fingerprint density at radius 1 is 1.29 bits per heavy atom. The van der Waals surface area contributed by atoms with Gasteiger partial charge in [0.1, 0.15) is 10.1 Å². The summed E-state index contributed by atoms with van der Waals surface area (Å²) in [6.07, 6.45) is 5.15. The van der Waals surface area contributed by atoms with Crippen LogP contribution in [0.2, 0.25) is 0 Å². The van der Waals surface area contributed by atoms with E-state index in [-0.39, 0.29) is 11.8 Å². The molecule has 2 amide bonds. The monoisotopic (exact) mass is 423 g/mol. The highest BCUT2D eigenvalue weighted by molar-refractivity contribution is 8.26. The number of nitrogens with one attached hydrogen (secondary N) is 1. The molecule has 0 spiro atoms. The van der Waals surface area contributed by atoms with Gasteiger partial charge in [0.2, 0.25) is 5.91 Å². The third kappa shape index (κ3) is 6.16. The van der Waals surface area contributed by atoms with Crippen molar-refractivity contribution in [1.29, 1.82) is 0 Å².